The number of benzene rings is 4. The average Bonchev–Trinajstić information content (AvgIpc) is 4.02. The quantitative estimate of drug-likeness (QED) is 0.107. The van der Waals surface area contributed by atoms with Crippen molar-refractivity contribution in [1.29, 1.82) is 0 Å². The summed E-state index contributed by atoms with van der Waals surface area (Å²) in [5.74, 6) is -4.27. The third kappa shape index (κ3) is 6.91. The first-order chi connectivity index (χ1) is 28.5. The van der Waals surface area contributed by atoms with Gasteiger partial charge in [-0.15, -0.1) is 11.0 Å². The molecule has 60 heavy (non-hydrogen) atoms. The fraction of sp³-hybridized carbons (Fsp3) is 0. The molecule has 0 amide bonds. The minimum Gasteiger partial charge on any atom is -0.657 e. The van der Waals surface area contributed by atoms with E-state index in [-0.39, 0.29) is 39.3 Å². The molecule has 4 aliphatic rings. The Morgan fingerprint density at radius 2 is 0.600 bits per heavy atom. The van der Waals surface area contributed by atoms with Crippen LogP contribution in [-0.2, 0) is 17.1 Å². The molecule has 0 saturated carbocycles. The molecule has 0 saturated heterocycles. The molecule has 9 rings (SSSR count). The van der Waals surface area contributed by atoms with E-state index in [2.05, 4.69) is 0 Å². The first-order valence-electron chi connectivity index (χ1n) is 18.2. The van der Waals surface area contributed by atoms with Crippen LogP contribution >= 0.6 is 0 Å². The number of nitrogens with zero attached hydrogens (tertiary/aromatic N) is 3. The monoisotopic (exact) mass is 837 g/mol. The van der Waals surface area contributed by atoms with Crippen LogP contribution in [0.5, 0.6) is 0 Å². The van der Waals surface area contributed by atoms with Crippen molar-refractivity contribution in [3.63, 3.8) is 0 Å². The maximum atomic E-state index is 11.9. The molecule has 11 nitrogen and oxygen atoms in total. The van der Waals surface area contributed by atoms with Crippen molar-refractivity contribution >= 4 is 59.2 Å². The first-order valence-corrected chi connectivity index (χ1v) is 18.2. The molecule has 0 unspecified atom stereocenters. The summed E-state index contributed by atoms with van der Waals surface area (Å²) in [5.41, 5.74) is 9.11. The van der Waals surface area contributed by atoms with E-state index < -0.39 is 23.9 Å². The molecule has 4 aromatic carbocycles. The molecule has 12 heteroatoms. The summed E-state index contributed by atoms with van der Waals surface area (Å²) in [6, 6.07) is 33.5. The molecule has 0 spiro atoms. The van der Waals surface area contributed by atoms with Crippen LogP contribution in [0.4, 0.5) is 0 Å². The summed E-state index contributed by atoms with van der Waals surface area (Å²) in [4.78, 5) is 62.9. The number of aromatic nitrogens is 3. The number of aromatic carboxylic acids is 4. The fourth-order valence-corrected chi connectivity index (χ4v) is 7.46. The Bertz CT molecular complexity index is 2980. The standard InChI is InChI=1S/C48H29N3O8.Cu/c52-45(53)29-9-1-25(2-10-29)41-33-17-18-34(33)42(26-3-11-30(12-4-26)46(54)55)36-20-22-38(50-36)44(28-7-15-32(16-8-28)48(58)59)40-24-23-39(51-40)43(37-21-19-35(41)49-37)27-5-13-31(14-6-27)47(56)57;/h1-24H,(H5,49,50,51,52,53,54,55,56,57,58,59);/q;+1/p-1. The van der Waals surface area contributed by atoms with Gasteiger partial charge in [0.25, 0.3) is 0 Å². The number of carboxylic acid groups (broad SMARTS) is 4. The summed E-state index contributed by atoms with van der Waals surface area (Å²) in [6.07, 6.45) is 7.46. The number of hydrogen-bond acceptors (Lipinski definition) is 6. The van der Waals surface area contributed by atoms with Crippen LogP contribution in [0.2, 0.25) is 0 Å². The fourth-order valence-electron chi connectivity index (χ4n) is 7.46. The molecule has 6 bridgehead atoms. The second kappa shape index (κ2) is 15.4. The molecule has 4 N–H and O–H groups in total. The van der Waals surface area contributed by atoms with Crippen LogP contribution in [0.3, 0.4) is 0 Å². The molecule has 0 fully saturated rings. The zero-order valence-corrected chi connectivity index (χ0v) is 31.9. The van der Waals surface area contributed by atoms with E-state index in [0.717, 1.165) is 10.4 Å². The molecule has 0 atom stereocenters. The van der Waals surface area contributed by atoms with Gasteiger partial charge in [-0.3, -0.25) is 0 Å². The van der Waals surface area contributed by atoms with Crippen molar-refractivity contribution < 1.29 is 56.7 Å². The average molecular weight is 838 g/mol. The third-order valence-electron chi connectivity index (χ3n) is 10.4. The molecule has 3 aliphatic heterocycles. The van der Waals surface area contributed by atoms with Crippen molar-refractivity contribution in [2.45, 2.75) is 0 Å². The van der Waals surface area contributed by atoms with E-state index in [4.69, 9.17) is 15.0 Å². The molecular weight excluding hydrogens is 810 g/mol. The van der Waals surface area contributed by atoms with E-state index in [1.54, 1.807) is 48.5 Å². The van der Waals surface area contributed by atoms with Gasteiger partial charge in [0.15, 0.2) is 0 Å². The van der Waals surface area contributed by atoms with Crippen LogP contribution < -0.4 is 4.98 Å². The van der Waals surface area contributed by atoms with Crippen molar-refractivity contribution in [1.82, 2.24) is 15.0 Å². The van der Waals surface area contributed by atoms with Crippen LogP contribution in [0.25, 0.3) is 79.8 Å². The van der Waals surface area contributed by atoms with Gasteiger partial charge in [0.05, 0.1) is 45.0 Å². The van der Waals surface area contributed by atoms with E-state index >= 15 is 0 Å². The van der Waals surface area contributed by atoms with Gasteiger partial charge in [-0.05, 0) is 117 Å². The van der Waals surface area contributed by atoms with E-state index in [1.165, 1.54) is 48.5 Å². The predicted molar refractivity (Wildman–Crippen MR) is 222 cm³/mol. The Hall–Kier alpha value is -7.92. The molecule has 1 aliphatic carbocycles. The van der Waals surface area contributed by atoms with Crippen molar-refractivity contribution in [2.75, 3.05) is 0 Å². The SMILES string of the molecule is O=C(O)c1ccc(-c2c3nc(c(-c4ccc(C(=O)O)cc4)c4ccc([n-]4)c(-c4ccc(C(=O)O)cc4)c4nc(c(-c5ccc(C(=O)O)cc5)c5ccc2=5)C=C4)C=C3)cc1.[Cu+]. The van der Waals surface area contributed by atoms with Crippen LogP contribution in [-0.4, -0.2) is 54.3 Å². The van der Waals surface area contributed by atoms with Gasteiger partial charge in [0.2, 0.25) is 0 Å². The predicted octanol–water partition coefficient (Wildman–Crippen LogP) is 9.42. The number of carboxylic acids is 4. The molecule has 4 heterocycles. The van der Waals surface area contributed by atoms with Crippen LogP contribution in [0, 0.1) is 10.4 Å². The molecule has 294 valence electrons. The molecule has 1 aromatic heterocycles. The van der Waals surface area contributed by atoms with Crippen LogP contribution in [0.15, 0.2) is 121 Å². The van der Waals surface area contributed by atoms with Crippen molar-refractivity contribution in [3.8, 4) is 44.5 Å². The van der Waals surface area contributed by atoms with Crippen molar-refractivity contribution in [3.05, 3.63) is 177 Å². The van der Waals surface area contributed by atoms with Crippen molar-refractivity contribution in [2.24, 2.45) is 0 Å². The zero-order chi connectivity index (χ0) is 40.9. The summed E-state index contributed by atoms with van der Waals surface area (Å²) in [6.45, 7) is 0. The van der Waals surface area contributed by atoms with Gasteiger partial charge in [0, 0.05) is 11.1 Å². The van der Waals surface area contributed by atoms with Gasteiger partial charge in [-0.2, -0.15) is 0 Å². The molecule has 0 radical (unpaired) electrons. The molecule has 5 aromatic rings. The van der Waals surface area contributed by atoms with Gasteiger partial charge >= 0.3 is 40.9 Å². The number of rotatable bonds is 8. The summed E-state index contributed by atoms with van der Waals surface area (Å²) in [7, 11) is 0. The topological polar surface area (TPSA) is 189 Å². The van der Waals surface area contributed by atoms with Gasteiger partial charge < -0.3 is 25.4 Å². The van der Waals surface area contributed by atoms with E-state index in [0.29, 0.717) is 78.3 Å². The summed E-state index contributed by atoms with van der Waals surface area (Å²) >= 11 is 0. The maximum absolute atomic E-state index is 11.9. The minimum absolute atomic E-state index is 0. The maximum Gasteiger partial charge on any atom is 1.00 e. The zero-order valence-electron chi connectivity index (χ0n) is 30.9. The number of fused-ring (bicyclic) bond motifs is 6. The van der Waals surface area contributed by atoms with Gasteiger partial charge in [-0.25, -0.2) is 29.1 Å². The molecular formula is C48H28CuN3O8. The Morgan fingerprint density at radius 1 is 0.350 bits per heavy atom. The Labute approximate surface area is 350 Å². The number of hydrogen-bond donors (Lipinski definition) is 4. The summed E-state index contributed by atoms with van der Waals surface area (Å²) < 4.78 is 0. The van der Waals surface area contributed by atoms with E-state index in [9.17, 15) is 39.6 Å². The second-order valence-corrected chi connectivity index (χ2v) is 13.8. The Morgan fingerprint density at radius 3 is 0.850 bits per heavy atom. The van der Waals surface area contributed by atoms with E-state index in [1.807, 2.05) is 48.6 Å². The first kappa shape index (κ1) is 38.9. The minimum atomic E-state index is -1.07. The number of carbonyl (C=O) groups is 4. The summed E-state index contributed by atoms with van der Waals surface area (Å²) in [5, 5.41) is 40.3. The van der Waals surface area contributed by atoms with Gasteiger partial charge in [-0.1, -0.05) is 72.8 Å². The normalized spacial score (nSPS) is 11.6. The van der Waals surface area contributed by atoms with Crippen LogP contribution in [0.1, 0.15) is 64.2 Å². The Balaban J connectivity index is 0.00000499. The second-order valence-electron chi connectivity index (χ2n) is 13.8. The Kier molecular flexibility index (Phi) is 10.0. The van der Waals surface area contributed by atoms with Gasteiger partial charge in [0.1, 0.15) is 0 Å². The largest absolute Gasteiger partial charge is 1.00 e. The smallest absolute Gasteiger partial charge is 0.657 e. The third-order valence-corrected chi connectivity index (χ3v) is 10.4.